The zero-order chi connectivity index (χ0) is 28.8. The second kappa shape index (κ2) is 14.9. The summed E-state index contributed by atoms with van der Waals surface area (Å²) in [5.74, 6) is 0. The van der Waals surface area contributed by atoms with E-state index in [1.54, 1.807) is 16.7 Å². The molecule has 0 N–H and O–H groups in total. The van der Waals surface area contributed by atoms with Crippen molar-refractivity contribution in [3.8, 4) is 0 Å². The second-order valence-corrected chi connectivity index (χ2v) is 24.1. The van der Waals surface area contributed by atoms with Gasteiger partial charge in [0, 0.05) is 0 Å². The first-order valence-corrected chi connectivity index (χ1v) is 21.2. The van der Waals surface area contributed by atoms with Gasteiger partial charge in [-0.25, -0.2) is 0 Å². The Labute approximate surface area is 287 Å². The van der Waals surface area contributed by atoms with Crippen LogP contribution in [0.2, 0.25) is 0 Å². The molecule has 2 saturated carbocycles. The molecule has 0 amide bonds. The molecule has 43 heavy (non-hydrogen) atoms. The van der Waals surface area contributed by atoms with Crippen LogP contribution >= 0.6 is 15.8 Å². The van der Waals surface area contributed by atoms with Gasteiger partial charge in [0.25, 0.3) is 0 Å². The van der Waals surface area contributed by atoms with Crippen molar-refractivity contribution in [2.75, 3.05) is 0 Å². The molecule has 0 aliphatic heterocycles. The molecule has 4 aliphatic carbocycles. The summed E-state index contributed by atoms with van der Waals surface area (Å²) in [5, 5.41) is 4.38. The van der Waals surface area contributed by atoms with E-state index in [2.05, 4.69) is 102 Å². The van der Waals surface area contributed by atoms with E-state index in [0.717, 1.165) is 11.3 Å². The van der Waals surface area contributed by atoms with E-state index in [9.17, 15) is 0 Å². The Hall–Kier alpha value is 0.0743. The van der Waals surface area contributed by atoms with Crippen LogP contribution in [-0.4, -0.2) is 21.6 Å². The molecule has 2 atom stereocenters. The topological polar surface area (TPSA) is 0 Å². The molecule has 4 aliphatic rings. The van der Waals surface area contributed by atoms with Gasteiger partial charge in [-0.2, -0.15) is 0 Å². The molecule has 0 heterocycles. The average Bonchev–Trinajstić information content (AvgIpc) is 3.47. The van der Waals surface area contributed by atoms with Gasteiger partial charge in [-0.3, -0.25) is 0 Å². The van der Waals surface area contributed by atoms with Gasteiger partial charge < -0.3 is 24.8 Å². The number of benzene rings is 2. The van der Waals surface area contributed by atoms with Crippen molar-refractivity contribution in [1.29, 1.82) is 0 Å². The molecule has 2 aromatic carbocycles. The summed E-state index contributed by atoms with van der Waals surface area (Å²) < 4.78 is 1.36. The first-order chi connectivity index (χ1) is 19.6. The largest absolute Gasteiger partial charge is 1.00 e. The molecule has 0 aromatic heterocycles. The number of rotatable bonds is 6. The Morgan fingerprint density at radius 1 is 0.558 bits per heavy atom. The SMILES string of the molecule is CC(C)(C)P(C1=Cc2ccccc2[CH]1[Ti+2][CH]1C(P(C2CCCCC2)C2CCCCC2)=Cc2ccccc21)C(C)(C)C.[Cl-].[Cl-]. The van der Waals surface area contributed by atoms with Gasteiger partial charge >= 0.3 is 264 Å². The number of hydrogen-bond acceptors (Lipinski definition) is 0. The number of fused-ring (bicyclic) bond motifs is 2. The van der Waals surface area contributed by atoms with Crippen molar-refractivity contribution in [3.05, 3.63) is 81.4 Å². The molecular weight excluding hydrogens is 637 g/mol. The fraction of sp³-hybridized carbons (Fsp3) is 0.579. The number of hydrogen-bond donors (Lipinski definition) is 0. The fourth-order valence-corrected chi connectivity index (χ4v) is 21.6. The molecule has 0 radical (unpaired) electrons. The zero-order valence-corrected chi connectivity index (χ0v) is 32.2. The minimum Gasteiger partial charge on any atom is -1.00 e. The van der Waals surface area contributed by atoms with E-state index in [4.69, 9.17) is 0 Å². The van der Waals surface area contributed by atoms with Crippen molar-refractivity contribution in [3.63, 3.8) is 0 Å². The summed E-state index contributed by atoms with van der Waals surface area (Å²) in [6.45, 7) is 15.1. The van der Waals surface area contributed by atoms with Gasteiger partial charge in [0.2, 0.25) is 0 Å². The summed E-state index contributed by atoms with van der Waals surface area (Å²) in [6, 6.07) is 19.1. The quantitative estimate of drug-likeness (QED) is 0.240. The van der Waals surface area contributed by atoms with Crippen molar-refractivity contribution >= 4 is 28.0 Å². The van der Waals surface area contributed by atoms with E-state index in [-0.39, 0.29) is 59.8 Å². The standard InChI is InChI=1S/C21H28P.C17H24P.2ClH.Ti/c1-3-11-19(12-4-1)22(20-13-5-2-6-14-20)21-15-17-9-7-8-10-18(17)16-21;1-16(2,3)18(17(4,5)6)15-11-13-9-7-8-10-14(13)12-15;;;/h7-10,15-16,19-20H,1-6,11-14H2;7-12H,1-6H3;2*1H;/q;;;;+2/p-2. The van der Waals surface area contributed by atoms with Gasteiger partial charge in [0.05, 0.1) is 0 Å². The van der Waals surface area contributed by atoms with Crippen molar-refractivity contribution in [2.45, 2.75) is 136 Å². The van der Waals surface area contributed by atoms with E-state index in [1.165, 1.54) is 69.8 Å². The van der Waals surface area contributed by atoms with Gasteiger partial charge in [0.1, 0.15) is 0 Å². The van der Waals surface area contributed by atoms with E-state index < -0.39 is 0 Å². The van der Waals surface area contributed by atoms with Crippen LogP contribution in [0.1, 0.15) is 136 Å². The number of allylic oxidation sites excluding steroid dienone is 2. The first-order valence-electron chi connectivity index (χ1n) is 16.6. The maximum Gasteiger partial charge on any atom is -1.00 e. The van der Waals surface area contributed by atoms with Crippen molar-refractivity contribution in [2.24, 2.45) is 0 Å². The van der Waals surface area contributed by atoms with Crippen LogP contribution in [0.5, 0.6) is 0 Å². The molecule has 0 spiro atoms. The van der Waals surface area contributed by atoms with Crippen LogP contribution in [0, 0.1) is 0 Å². The molecule has 0 bridgehead atoms. The zero-order valence-electron chi connectivity index (χ0n) is 27.3. The summed E-state index contributed by atoms with van der Waals surface area (Å²) in [7, 11) is -0.361. The van der Waals surface area contributed by atoms with Crippen LogP contribution in [0.15, 0.2) is 59.2 Å². The maximum atomic E-state index is 2.78. The van der Waals surface area contributed by atoms with E-state index in [1.807, 2.05) is 10.6 Å². The Morgan fingerprint density at radius 2 is 0.953 bits per heavy atom. The Balaban J connectivity index is 0.00000212. The Kier molecular flexibility index (Phi) is 12.4. The summed E-state index contributed by atoms with van der Waals surface area (Å²) in [4.78, 5) is 0. The van der Waals surface area contributed by atoms with E-state index in [0.29, 0.717) is 18.8 Å². The van der Waals surface area contributed by atoms with Crippen LogP contribution < -0.4 is 24.8 Å². The Morgan fingerprint density at radius 3 is 1.40 bits per heavy atom. The molecule has 232 valence electrons. The molecule has 6 rings (SSSR count). The van der Waals surface area contributed by atoms with Crippen LogP contribution in [0.3, 0.4) is 0 Å². The fourth-order valence-electron chi connectivity index (χ4n) is 8.77. The smallest absolute Gasteiger partial charge is 1.00 e. The third-order valence-electron chi connectivity index (χ3n) is 9.98. The molecule has 2 aromatic rings. The van der Waals surface area contributed by atoms with Crippen molar-refractivity contribution < 1.29 is 44.0 Å². The predicted octanol–water partition coefficient (Wildman–Crippen LogP) is 6.49. The third-order valence-corrected chi connectivity index (χ3v) is 20.9. The molecule has 2 unspecified atom stereocenters. The third kappa shape index (κ3) is 7.63. The normalized spacial score (nSPS) is 22.7. The maximum absolute atomic E-state index is 2.78. The molecular formula is C38H52Cl2P2Ti. The van der Waals surface area contributed by atoms with Gasteiger partial charge in [-0.15, -0.1) is 0 Å². The predicted molar refractivity (Wildman–Crippen MR) is 181 cm³/mol. The summed E-state index contributed by atoms with van der Waals surface area (Å²) in [6.07, 6.45) is 20.3. The van der Waals surface area contributed by atoms with Crippen LogP contribution in [-0.2, 0) is 19.2 Å². The second-order valence-electron chi connectivity index (χ2n) is 15.1. The van der Waals surface area contributed by atoms with Gasteiger partial charge in [-0.1, -0.05) is 0 Å². The molecule has 0 nitrogen and oxygen atoms in total. The average molecular weight is 690 g/mol. The molecule has 0 saturated heterocycles. The van der Waals surface area contributed by atoms with Crippen LogP contribution in [0.4, 0.5) is 0 Å². The van der Waals surface area contributed by atoms with E-state index >= 15 is 0 Å². The Bertz CT molecular complexity index is 1260. The first kappa shape index (κ1) is 35.9. The van der Waals surface area contributed by atoms with Crippen LogP contribution in [0.25, 0.3) is 12.2 Å². The van der Waals surface area contributed by atoms with Crippen molar-refractivity contribution in [1.82, 2.24) is 0 Å². The van der Waals surface area contributed by atoms with Gasteiger partial charge in [0.15, 0.2) is 0 Å². The monoisotopic (exact) mass is 688 g/mol. The number of halogens is 2. The molecule has 2 fully saturated rings. The minimum atomic E-state index is -0.346. The summed E-state index contributed by atoms with van der Waals surface area (Å²) >= 11 is -0.346. The minimum absolute atomic E-state index is 0. The molecule has 5 heteroatoms. The van der Waals surface area contributed by atoms with Gasteiger partial charge in [-0.05, 0) is 0 Å². The summed E-state index contributed by atoms with van der Waals surface area (Å²) in [5.41, 5.74) is 8.40.